The van der Waals surface area contributed by atoms with E-state index in [1.165, 1.54) is 5.56 Å². The van der Waals surface area contributed by atoms with E-state index >= 15 is 0 Å². The third kappa shape index (κ3) is 3.92. The van der Waals surface area contributed by atoms with Gasteiger partial charge >= 0.3 is 0 Å². The van der Waals surface area contributed by atoms with Gasteiger partial charge in [-0.25, -0.2) is 0 Å². The molecule has 0 spiro atoms. The van der Waals surface area contributed by atoms with E-state index in [1.807, 2.05) is 37.3 Å². The van der Waals surface area contributed by atoms with Gasteiger partial charge in [0, 0.05) is 12.5 Å². The SMILES string of the molecule is Cc1ccc(CN(C)C(CC(N)=S)c2ccccc2)o1. The molecule has 1 unspecified atom stereocenters. The summed E-state index contributed by atoms with van der Waals surface area (Å²) in [5, 5.41) is 0. The van der Waals surface area contributed by atoms with Gasteiger partial charge in [-0.2, -0.15) is 0 Å². The van der Waals surface area contributed by atoms with Crippen LogP contribution in [0.1, 0.15) is 29.5 Å². The first kappa shape index (κ1) is 14.8. The van der Waals surface area contributed by atoms with E-state index in [4.69, 9.17) is 22.4 Å². The Balaban J connectivity index is 2.15. The minimum absolute atomic E-state index is 0.166. The number of aryl methyl sites for hydroxylation is 1. The van der Waals surface area contributed by atoms with Crippen molar-refractivity contribution in [2.45, 2.75) is 25.9 Å². The molecule has 0 saturated carbocycles. The second kappa shape index (κ2) is 6.68. The van der Waals surface area contributed by atoms with Gasteiger partial charge in [-0.1, -0.05) is 42.5 Å². The average Bonchev–Trinajstić information content (AvgIpc) is 2.82. The fourth-order valence-corrected chi connectivity index (χ4v) is 2.48. The zero-order valence-electron chi connectivity index (χ0n) is 11.9. The highest BCUT2D eigenvalue weighted by molar-refractivity contribution is 7.80. The van der Waals surface area contributed by atoms with Crippen molar-refractivity contribution < 1.29 is 4.42 Å². The summed E-state index contributed by atoms with van der Waals surface area (Å²) in [6, 6.07) is 14.4. The summed E-state index contributed by atoms with van der Waals surface area (Å²) in [7, 11) is 2.06. The van der Waals surface area contributed by atoms with Crippen LogP contribution >= 0.6 is 12.2 Å². The Labute approximate surface area is 125 Å². The van der Waals surface area contributed by atoms with Crippen molar-refractivity contribution in [3.05, 3.63) is 59.5 Å². The van der Waals surface area contributed by atoms with E-state index in [0.29, 0.717) is 11.4 Å². The van der Waals surface area contributed by atoms with Crippen molar-refractivity contribution in [1.82, 2.24) is 4.90 Å². The molecule has 106 valence electrons. The number of rotatable bonds is 6. The van der Waals surface area contributed by atoms with E-state index in [0.717, 1.165) is 18.1 Å². The van der Waals surface area contributed by atoms with Crippen molar-refractivity contribution >= 4 is 17.2 Å². The molecule has 0 aliphatic heterocycles. The van der Waals surface area contributed by atoms with Crippen LogP contribution in [0.25, 0.3) is 0 Å². The average molecular weight is 288 g/mol. The lowest BCUT2D eigenvalue weighted by Crippen LogP contribution is -2.27. The van der Waals surface area contributed by atoms with Crippen molar-refractivity contribution in [2.75, 3.05) is 7.05 Å². The molecule has 2 N–H and O–H groups in total. The predicted molar refractivity (Wildman–Crippen MR) is 85.5 cm³/mol. The fraction of sp³-hybridized carbons (Fsp3) is 0.312. The molecule has 4 heteroatoms. The zero-order chi connectivity index (χ0) is 14.5. The maximum atomic E-state index is 5.75. The maximum absolute atomic E-state index is 5.75. The predicted octanol–water partition coefficient (Wildman–Crippen LogP) is 3.44. The van der Waals surface area contributed by atoms with Crippen molar-refractivity contribution in [2.24, 2.45) is 5.73 Å². The summed E-state index contributed by atoms with van der Waals surface area (Å²) in [6.07, 6.45) is 0.662. The lowest BCUT2D eigenvalue weighted by Gasteiger charge is -2.27. The summed E-state index contributed by atoms with van der Waals surface area (Å²) in [5.41, 5.74) is 6.96. The molecule has 0 fully saturated rings. The monoisotopic (exact) mass is 288 g/mol. The van der Waals surface area contributed by atoms with Crippen LogP contribution in [0, 0.1) is 6.92 Å². The Bertz CT molecular complexity index is 565. The van der Waals surface area contributed by atoms with E-state index in [1.54, 1.807) is 0 Å². The molecule has 1 aromatic heterocycles. The molecular weight excluding hydrogens is 268 g/mol. The summed E-state index contributed by atoms with van der Waals surface area (Å²) < 4.78 is 5.64. The Morgan fingerprint density at radius 2 is 1.95 bits per heavy atom. The second-order valence-electron chi connectivity index (χ2n) is 5.02. The first-order valence-corrected chi connectivity index (χ1v) is 7.06. The van der Waals surface area contributed by atoms with Gasteiger partial charge < -0.3 is 10.2 Å². The second-order valence-corrected chi connectivity index (χ2v) is 5.55. The topological polar surface area (TPSA) is 42.4 Å². The third-order valence-corrected chi connectivity index (χ3v) is 3.48. The van der Waals surface area contributed by atoms with E-state index in [2.05, 4.69) is 24.1 Å². The van der Waals surface area contributed by atoms with Gasteiger partial charge in [-0.3, -0.25) is 4.90 Å². The Hall–Kier alpha value is -1.65. The van der Waals surface area contributed by atoms with Crippen LogP contribution in [-0.4, -0.2) is 16.9 Å². The minimum atomic E-state index is 0.166. The molecule has 1 aromatic carbocycles. The molecule has 20 heavy (non-hydrogen) atoms. The smallest absolute Gasteiger partial charge is 0.118 e. The van der Waals surface area contributed by atoms with Crippen molar-refractivity contribution in [1.29, 1.82) is 0 Å². The zero-order valence-corrected chi connectivity index (χ0v) is 12.7. The number of furan rings is 1. The van der Waals surface area contributed by atoms with E-state index in [-0.39, 0.29) is 6.04 Å². The lowest BCUT2D eigenvalue weighted by atomic mass is 10.0. The molecule has 0 aliphatic carbocycles. The van der Waals surface area contributed by atoms with Crippen LogP contribution in [0.2, 0.25) is 0 Å². The number of hydrogen-bond acceptors (Lipinski definition) is 3. The molecule has 1 atom stereocenters. The van der Waals surface area contributed by atoms with Gasteiger partial charge in [-0.05, 0) is 31.7 Å². The summed E-state index contributed by atoms with van der Waals surface area (Å²) in [5.74, 6) is 1.88. The largest absolute Gasteiger partial charge is 0.465 e. The number of benzene rings is 1. The summed E-state index contributed by atoms with van der Waals surface area (Å²) in [6.45, 7) is 2.68. The van der Waals surface area contributed by atoms with E-state index < -0.39 is 0 Å². The third-order valence-electron chi connectivity index (χ3n) is 3.31. The van der Waals surface area contributed by atoms with Crippen LogP contribution < -0.4 is 5.73 Å². The van der Waals surface area contributed by atoms with E-state index in [9.17, 15) is 0 Å². The quantitative estimate of drug-likeness (QED) is 0.827. The number of hydrogen-bond donors (Lipinski definition) is 1. The van der Waals surface area contributed by atoms with Gasteiger partial charge in [0.1, 0.15) is 11.5 Å². The highest BCUT2D eigenvalue weighted by atomic mass is 32.1. The van der Waals surface area contributed by atoms with Crippen LogP contribution in [-0.2, 0) is 6.54 Å². The summed E-state index contributed by atoms with van der Waals surface area (Å²) in [4.78, 5) is 2.74. The van der Waals surface area contributed by atoms with Crippen LogP contribution in [0.4, 0.5) is 0 Å². The normalized spacial score (nSPS) is 12.6. The van der Waals surface area contributed by atoms with Crippen molar-refractivity contribution in [3.8, 4) is 0 Å². The Morgan fingerprint density at radius 3 is 2.50 bits per heavy atom. The number of thiocarbonyl (C=S) groups is 1. The van der Waals surface area contributed by atoms with Crippen LogP contribution in [0.15, 0.2) is 46.9 Å². The molecular formula is C16H20N2OS. The van der Waals surface area contributed by atoms with Gasteiger partial charge in [0.05, 0.1) is 11.5 Å². The summed E-state index contributed by atoms with van der Waals surface area (Å²) >= 11 is 5.09. The van der Waals surface area contributed by atoms with Crippen LogP contribution in [0.3, 0.4) is 0 Å². The molecule has 0 amide bonds. The lowest BCUT2D eigenvalue weighted by molar-refractivity contribution is 0.222. The molecule has 0 saturated heterocycles. The Morgan fingerprint density at radius 1 is 1.25 bits per heavy atom. The van der Waals surface area contributed by atoms with Crippen molar-refractivity contribution in [3.63, 3.8) is 0 Å². The number of nitrogens with zero attached hydrogens (tertiary/aromatic N) is 1. The first-order valence-electron chi connectivity index (χ1n) is 6.65. The molecule has 3 nitrogen and oxygen atoms in total. The highest BCUT2D eigenvalue weighted by Crippen LogP contribution is 2.25. The molecule has 0 radical (unpaired) electrons. The standard InChI is InChI=1S/C16H20N2OS/c1-12-8-9-14(19-12)11-18(2)15(10-16(17)20)13-6-4-3-5-7-13/h3-9,15H,10-11H2,1-2H3,(H2,17,20). The molecule has 1 heterocycles. The highest BCUT2D eigenvalue weighted by Gasteiger charge is 2.19. The van der Waals surface area contributed by atoms with Gasteiger partial charge in [0.2, 0.25) is 0 Å². The van der Waals surface area contributed by atoms with Gasteiger partial charge in [0.15, 0.2) is 0 Å². The Kier molecular flexibility index (Phi) is 4.93. The molecule has 0 aliphatic rings. The molecule has 2 aromatic rings. The fourth-order valence-electron chi connectivity index (χ4n) is 2.32. The van der Waals surface area contributed by atoms with Gasteiger partial charge in [-0.15, -0.1) is 0 Å². The number of nitrogens with two attached hydrogens (primary N) is 1. The molecule has 0 bridgehead atoms. The first-order chi connectivity index (χ1) is 9.56. The van der Waals surface area contributed by atoms with Gasteiger partial charge in [0.25, 0.3) is 0 Å². The maximum Gasteiger partial charge on any atom is 0.118 e. The molecule has 2 rings (SSSR count). The van der Waals surface area contributed by atoms with Crippen LogP contribution in [0.5, 0.6) is 0 Å². The minimum Gasteiger partial charge on any atom is -0.465 e.